The molecule has 0 radical (unpaired) electrons. The summed E-state index contributed by atoms with van der Waals surface area (Å²) < 4.78 is 5.32. The number of nitrogens with zero attached hydrogens (tertiary/aromatic N) is 1. The summed E-state index contributed by atoms with van der Waals surface area (Å²) in [6.45, 7) is 4.42. The molecule has 0 saturated carbocycles. The van der Waals surface area contributed by atoms with Crippen LogP contribution in [0.3, 0.4) is 0 Å². The highest BCUT2D eigenvalue weighted by atomic mass is 16.5. The van der Waals surface area contributed by atoms with Crippen molar-refractivity contribution in [3.05, 3.63) is 53.3 Å². The zero-order valence-electron chi connectivity index (χ0n) is 13.1. The molecule has 5 heteroatoms. The Balaban J connectivity index is 1.96. The minimum absolute atomic E-state index is 0.255. The molecule has 0 aliphatic heterocycles. The molecule has 2 amide bonds. The Kier molecular flexibility index (Phi) is 5.36. The maximum atomic E-state index is 12.0. The molecule has 0 saturated heterocycles. The van der Waals surface area contributed by atoms with Crippen LogP contribution in [0.5, 0.6) is 5.75 Å². The van der Waals surface area contributed by atoms with E-state index in [1.165, 1.54) is 0 Å². The molecule has 0 unspecified atom stereocenters. The van der Waals surface area contributed by atoms with E-state index in [1.807, 2.05) is 37.3 Å². The molecule has 0 bridgehead atoms. The fourth-order valence-electron chi connectivity index (χ4n) is 2.17. The lowest BCUT2D eigenvalue weighted by molar-refractivity contribution is 0.251. The highest BCUT2D eigenvalue weighted by molar-refractivity contribution is 5.89. The van der Waals surface area contributed by atoms with Crippen LogP contribution in [0.25, 0.3) is 0 Å². The molecule has 22 heavy (non-hydrogen) atoms. The van der Waals surface area contributed by atoms with E-state index >= 15 is 0 Å². The Morgan fingerprint density at radius 2 is 2.09 bits per heavy atom. The Morgan fingerprint density at radius 3 is 2.77 bits per heavy atom. The summed E-state index contributed by atoms with van der Waals surface area (Å²) >= 11 is 0. The van der Waals surface area contributed by atoms with Gasteiger partial charge in [-0.15, -0.1) is 0 Å². The number of urea groups is 1. The molecule has 2 aromatic rings. The van der Waals surface area contributed by atoms with E-state index in [-0.39, 0.29) is 6.03 Å². The van der Waals surface area contributed by atoms with E-state index in [9.17, 15) is 4.79 Å². The third-order valence-electron chi connectivity index (χ3n) is 3.48. The molecule has 5 nitrogen and oxygen atoms in total. The standard InChI is InChI=1S/C17H21N3O2/c1-4-13-7-8-15(10-16(13)22-3)20-17(21)19-11-14-6-5-9-18-12(14)2/h5-10H,4,11H2,1-3H3,(H2,19,20,21). The number of benzene rings is 1. The Bertz CT molecular complexity index is 656. The number of anilines is 1. The van der Waals surface area contributed by atoms with E-state index in [0.29, 0.717) is 12.2 Å². The summed E-state index contributed by atoms with van der Waals surface area (Å²) in [6, 6.07) is 9.20. The first-order chi connectivity index (χ1) is 10.6. The van der Waals surface area contributed by atoms with Gasteiger partial charge in [-0.05, 0) is 36.6 Å². The van der Waals surface area contributed by atoms with Crippen LogP contribution in [0, 0.1) is 6.92 Å². The number of ether oxygens (including phenoxy) is 1. The van der Waals surface area contributed by atoms with Gasteiger partial charge in [0.05, 0.1) is 7.11 Å². The largest absolute Gasteiger partial charge is 0.496 e. The van der Waals surface area contributed by atoms with Crippen molar-refractivity contribution in [1.82, 2.24) is 10.3 Å². The van der Waals surface area contributed by atoms with Crippen LogP contribution in [0.2, 0.25) is 0 Å². The third kappa shape index (κ3) is 3.97. The van der Waals surface area contributed by atoms with Gasteiger partial charge in [-0.3, -0.25) is 4.98 Å². The third-order valence-corrected chi connectivity index (χ3v) is 3.48. The van der Waals surface area contributed by atoms with E-state index in [0.717, 1.165) is 29.0 Å². The summed E-state index contributed by atoms with van der Waals surface area (Å²) in [5.74, 6) is 0.781. The molecular formula is C17H21N3O2. The Hall–Kier alpha value is -2.56. The predicted molar refractivity (Wildman–Crippen MR) is 87.2 cm³/mol. The number of carbonyl (C=O) groups excluding carboxylic acids is 1. The quantitative estimate of drug-likeness (QED) is 0.890. The number of hydrogen-bond donors (Lipinski definition) is 2. The second kappa shape index (κ2) is 7.45. The monoisotopic (exact) mass is 299 g/mol. The SMILES string of the molecule is CCc1ccc(NC(=O)NCc2cccnc2C)cc1OC. The van der Waals surface area contributed by atoms with E-state index in [2.05, 4.69) is 22.5 Å². The summed E-state index contributed by atoms with van der Waals surface area (Å²) in [5, 5.41) is 5.63. The molecule has 116 valence electrons. The van der Waals surface area contributed by atoms with Crippen molar-refractivity contribution in [2.45, 2.75) is 26.8 Å². The summed E-state index contributed by atoms with van der Waals surface area (Å²) in [5.41, 5.74) is 3.72. The van der Waals surface area contributed by atoms with Crippen molar-refractivity contribution < 1.29 is 9.53 Å². The number of amides is 2. The number of carbonyl (C=O) groups is 1. The van der Waals surface area contributed by atoms with Crippen LogP contribution in [-0.2, 0) is 13.0 Å². The average molecular weight is 299 g/mol. The summed E-state index contributed by atoms with van der Waals surface area (Å²) in [7, 11) is 1.63. The molecule has 0 atom stereocenters. The van der Waals surface area contributed by atoms with Crippen LogP contribution in [0.4, 0.5) is 10.5 Å². The van der Waals surface area contributed by atoms with Gasteiger partial charge in [-0.1, -0.05) is 19.1 Å². The maximum Gasteiger partial charge on any atom is 0.319 e. The van der Waals surface area contributed by atoms with Gasteiger partial charge in [0.25, 0.3) is 0 Å². The molecule has 0 aliphatic rings. The van der Waals surface area contributed by atoms with Crippen molar-refractivity contribution in [1.29, 1.82) is 0 Å². The van der Waals surface area contributed by atoms with Gasteiger partial charge in [-0.2, -0.15) is 0 Å². The minimum atomic E-state index is -0.255. The first-order valence-corrected chi connectivity index (χ1v) is 7.26. The molecular weight excluding hydrogens is 278 g/mol. The highest BCUT2D eigenvalue weighted by Gasteiger charge is 2.06. The van der Waals surface area contributed by atoms with Crippen LogP contribution in [0.1, 0.15) is 23.7 Å². The molecule has 2 rings (SSSR count). The second-order valence-corrected chi connectivity index (χ2v) is 4.94. The van der Waals surface area contributed by atoms with E-state index in [4.69, 9.17) is 4.74 Å². The first-order valence-electron chi connectivity index (χ1n) is 7.26. The minimum Gasteiger partial charge on any atom is -0.496 e. The van der Waals surface area contributed by atoms with Crippen molar-refractivity contribution in [2.75, 3.05) is 12.4 Å². The van der Waals surface area contributed by atoms with Crippen LogP contribution in [-0.4, -0.2) is 18.1 Å². The number of pyridine rings is 1. The zero-order valence-corrected chi connectivity index (χ0v) is 13.1. The lowest BCUT2D eigenvalue weighted by atomic mass is 10.1. The number of rotatable bonds is 5. The first kappa shape index (κ1) is 15.8. The van der Waals surface area contributed by atoms with Gasteiger partial charge in [0.2, 0.25) is 0 Å². The number of nitrogens with one attached hydrogen (secondary N) is 2. The van der Waals surface area contributed by atoms with Crippen molar-refractivity contribution in [3.8, 4) is 5.75 Å². The lowest BCUT2D eigenvalue weighted by Crippen LogP contribution is -2.28. The van der Waals surface area contributed by atoms with Crippen molar-refractivity contribution >= 4 is 11.7 Å². The second-order valence-electron chi connectivity index (χ2n) is 4.94. The van der Waals surface area contributed by atoms with Gasteiger partial charge >= 0.3 is 6.03 Å². The average Bonchev–Trinajstić information content (AvgIpc) is 2.54. The van der Waals surface area contributed by atoms with Crippen LogP contribution >= 0.6 is 0 Å². The molecule has 1 heterocycles. The smallest absolute Gasteiger partial charge is 0.319 e. The molecule has 1 aromatic carbocycles. The van der Waals surface area contributed by atoms with E-state index in [1.54, 1.807) is 13.3 Å². The van der Waals surface area contributed by atoms with E-state index < -0.39 is 0 Å². The fourth-order valence-corrected chi connectivity index (χ4v) is 2.17. The lowest BCUT2D eigenvalue weighted by Gasteiger charge is -2.12. The summed E-state index contributed by atoms with van der Waals surface area (Å²) in [4.78, 5) is 16.2. The topological polar surface area (TPSA) is 63.2 Å². The highest BCUT2D eigenvalue weighted by Crippen LogP contribution is 2.23. The Morgan fingerprint density at radius 1 is 1.27 bits per heavy atom. The number of hydrogen-bond acceptors (Lipinski definition) is 3. The Labute approximate surface area is 130 Å². The van der Waals surface area contributed by atoms with Gasteiger partial charge in [0.15, 0.2) is 0 Å². The normalized spacial score (nSPS) is 10.1. The maximum absolute atomic E-state index is 12.0. The molecule has 0 spiro atoms. The molecule has 0 aliphatic carbocycles. The molecule has 1 aromatic heterocycles. The fraction of sp³-hybridized carbons (Fsp3) is 0.294. The summed E-state index contributed by atoms with van der Waals surface area (Å²) in [6.07, 6.45) is 2.62. The van der Waals surface area contributed by atoms with Gasteiger partial charge in [0, 0.05) is 30.2 Å². The number of aryl methyl sites for hydroxylation is 2. The van der Waals surface area contributed by atoms with Crippen molar-refractivity contribution in [3.63, 3.8) is 0 Å². The van der Waals surface area contributed by atoms with Crippen LogP contribution < -0.4 is 15.4 Å². The van der Waals surface area contributed by atoms with Gasteiger partial charge < -0.3 is 15.4 Å². The number of methoxy groups -OCH3 is 1. The predicted octanol–water partition coefficient (Wildman–Crippen LogP) is 3.28. The molecule has 2 N–H and O–H groups in total. The zero-order chi connectivity index (χ0) is 15.9. The van der Waals surface area contributed by atoms with Crippen LogP contribution in [0.15, 0.2) is 36.5 Å². The molecule has 0 fully saturated rings. The number of aromatic nitrogens is 1. The van der Waals surface area contributed by atoms with Gasteiger partial charge in [-0.25, -0.2) is 4.79 Å². The van der Waals surface area contributed by atoms with Crippen molar-refractivity contribution in [2.24, 2.45) is 0 Å². The van der Waals surface area contributed by atoms with Gasteiger partial charge in [0.1, 0.15) is 5.75 Å².